The van der Waals surface area contributed by atoms with Crippen molar-refractivity contribution in [3.63, 3.8) is 0 Å². The monoisotopic (exact) mass is 453 g/mol. The summed E-state index contributed by atoms with van der Waals surface area (Å²) >= 11 is 0. The summed E-state index contributed by atoms with van der Waals surface area (Å²) in [6.45, 7) is -4.29. The van der Waals surface area contributed by atoms with Crippen LogP contribution in [0.1, 0.15) is 23.4 Å². The molecule has 0 unspecified atom stereocenters. The first-order valence-electron chi connectivity index (χ1n) is 12.6. The number of fused-ring (bicyclic) bond motifs is 1. The molecule has 0 spiro atoms. The largest absolute Gasteiger partial charge is 0.493 e. The highest BCUT2D eigenvalue weighted by atomic mass is 19.1. The maximum absolute atomic E-state index is 13.6. The lowest BCUT2D eigenvalue weighted by molar-refractivity contribution is 0.0982. The number of ether oxygens (including phenoxy) is 4. The molecule has 1 amide bonds. The second-order valence-electron chi connectivity index (χ2n) is 7.80. The van der Waals surface area contributed by atoms with Gasteiger partial charge in [-0.3, -0.25) is 0 Å². The summed E-state index contributed by atoms with van der Waals surface area (Å²) in [6, 6.07) is 18.7. The first-order valence-corrected chi connectivity index (χ1v) is 10.6. The Morgan fingerprint density at radius 2 is 1.85 bits per heavy atom. The van der Waals surface area contributed by atoms with Gasteiger partial charge in [0.05, 0.1) is 9.30 Å². The Labute approximate surface area is 197 Å². The van der Waals surface area contributed by atoms with Gasteiger partial charge < -0.3 is 23.8 Å². The van der Waals surface area contributed by atoms with Crippen molar-refractivity contribution in [3.05, 3.63) is 84.2 Å². The number of carbonyl (C=O) groups excluding carboxylic acids is 1. The first-order chi connectivity index (χ1) is 17.6. The zero-order valence-corrected chi connectivity index (χ0v) is 17.6. The van der Waals surface area contributed by atoms with Crippen molar-refractivity contribution in [1.29, 1.82) is 0 Å². The zero-order valence-electron chi connectivity index (χ0n) is 21.6. The number of rotatable bonds is 5. The smallest absolute Gasteiger partial charge is 0.415 e. The molecule has 2 atom stereocenters. The van der Waals surface area contributed by atoms with Gasteiger partial charge in [-0.1, -0.05) is 30.3 Å². The highest BCUT2D eigenvalue weighted by Crippen LogP contribution is 2.37. The van der Waals surface area contributed by atoms with Crippen LogP contribution < -0.4 is 18.9 Å². The Hall–Kier alpha value is -3.74. The molecule has 5 rings (SSSR count). The highest BCUT2D eigenvalue weighted by Gasteiger charge is 2.34. The number of para-hydroxylation sites is 1. The molecule has 0 N–H and O–H groups in total. The third-order valence-corrected chi connectivity index (χ3v) is 5.66. The minimum Gasteiger partial charge on any atom is -0.493 e. The van der Waals surface area contributed by atoms with E-state index in [0.29, 0.717) is 18.7 Å². The molecule has 0 bridgehead atoms. The van der Waals surface area contributed by atoms with E-state index in [9.17, 15) is 9.18 Å². The van der Waals surface area contributed by atoms with Crippen LogP contribution in [0.25, 0.3) is 0 Å². The average Bonchev–Trinajstić information content (AvgIpc) is 3.17. The molecule has 1 saturated heterocycles. The third-order valence-electron chi connectivity index (χ3n) is 5.66. The molecule has 2 heterocycles. The summed E-state index contributed by atoms with van der Waals surface area (Å²) in [6.07, 6.45) is -0.195. The summed E-state index contributed by atoms with van der Waals surface area (Å²) < 4.78 is 67.9. The highest BCUT2D eigenvalue weighted by molar-refractivity contribution is 5.70. The van der Waals surface area contributed by atoms with E-state index in [1.165, 1.54) is 35.2 Å². The van der Waals surface area contributed by atoms with Gasteiger partial charge in [0, 0.05) is 25.1 Å². The van der Waals surface area contributed by atoms with Crippen LogP contribution in [0.5, 0.6) is 23.0 Å². The molecule has 33 heavy (non-hydrogen) atoms. The van der Waals surface area contributed by atoms with E-state index in [1.807, 2.05) is 0 Å². The van der Waals surface area contributed by atoms with Crippen molar-refractivity contribution in [3.8, 4) is 23.0 Å². The molecule has 7 heteroatoms. The maximum atomic E-state index is 13.6. The molecule has 170 valence electrons. The molecule has 3 aromatic rings. The maximum Gasteiger partial charge on any atom is 0.415 e. The van der Waals surface area contributed by atoms with E-state index >= 15 is 0 Å². The molecule has 6 nitrogen and oxygen atoms in total. The average molecular weight is 454 g/mol. The van der Waals surface area contributed by atoms with Crippen LogP contribution in [-0.2, 0) is 0 Å². The molecule has 0 radical (unpaired) electrons. The van der Waals surface area contributed by atoms with Gasteiger partial charge in [-0.25, -0.2) is 9.18 Å². The van der Waals surface area contributed by atoms with Crippen molar-refractivity contribution >= 4 is 6.09 Å². The Balaban J connectivity index is 1.39. The van der Waals surface area contributed by atoms with Crippen LogP contribution in [0.3, 0.4) is 0 Å². The second-order valence-corrected chi connectivity index (χ2v) is 7.80. The van der Waals surface area contributed by atoms with Crippen molar-refractivity contribution in [2.24, 2.45) is 5.92 Å². The first kappa shape index (κ1) is 16.8. The lowest BCUT2D eigenvalue weighted by atomic mass is 9.81. The van der Waals surface area contributed by atoms with E-state index in [2.05, 4.69) is 0 Å². The minimum atomic E-state index is -2.32. The van der Waals surface area contributed by atoms with E-state index in [-0.39, 0.29) is 29.7 Å². The van der Waals surface area contributed by atoms with E-state index in [4.69, 9.17) is 24.4 Å². The number of likely N-dealkylation sites (tertiary alicyclic amines) is 1. The third kappa shape index (κ3) is 4.87. The summed E-state index contributed by atoms with van der Waals surface area (Å²) in [7, 11) is 0. The van der Waals surface area contributed by atoms with Crippen molar-refractivity contribution in [1.82, 2.24) is 4.90 Å². The Bertz CT molecular complexity index is 1280. The molecule has 0 aliphatic carbocycles. The van der Waals surface area contributed by atoms with Crippen LogP contribution in [0.4, 0.5) is 9.18 Å². The fourth-order valence-corrected chi connectivity index (χ4v) is 3.97. The summed E-state index contributed by atoms with van der Waals surface area (Å²) in [5, 5.41) is 0. The molecule has 0 saturated carbocycles. The number of benzene rings is 3. The number of piperidine rings is 1. The van der Waals surface area contributed by atoms with Gasteiger partial charge in [-0.2, -0.15) is 0 Å². The van der Waals surface area contributed by atoms with Gasteiger partial charge in [0.15, 0.2) is 11.5 Å². The predicted molar refractivity (Wildman–Crippen MR) is 119 cm³/mol. The normalized spacial score (nSPS) is 23.0. The Morgan fingerprint density at radius 3 is 2.67 bits per heavy atom. The van der Waals surface area contributed by atoms with Crippen molar-refractivity contribution in [2.75, 3.05) is 26.4 Å². The standard InChI is InChI=1S/C26H24FNO5/c27-20-8-6-18(7-9-20)23-12-13-28(26(29)33-21-4-2-1-3-5-21)15-19(23)16-30-22-10-11-24-25(14-22)32-17-31-24/h1-11,14,19,23H,12-13,15-17H2/t19-,23-/m0/s1/i16D2,17D2. The van der Waals surface area contributed by atoms with Gasteiger partial charge in [-0.05, 0) is 54.3 Å². The predicted octanol–water partition coefficient (Wildman–Crippen LogP) is 5.24. The number of halogens is 1. The topological polar surface area (TPSA) is 57.2 Å². The summed E-state index contributed by atoms with van der Waals surface area (Å²) in [5.74, 6) is -0.870. The molecule has 2 aliphatic heterocycles. The summed E-state index contributed by atoms with van der Waals surface area (Å²) in [5.41, 5.74) is 0.730. The van der Waals surface area contributed by atoms with Crippen LogP contribution in [0.2, 0.25) is 0 Å². The second kappa shape index (κ2) is 9.40. The number of hydrogen-bond acceptors (Lipinski definition) is 5. The van der Waals surface area contributed by atoms with E-state index in [1.54, 1.807) is 42.5 Å². The van der Waals surface area contributed by atoms with E-state index in [0.717, 1.165) is 5.56 Å². The SMILES string of the molecule is [2H]C1([2H])Oc2ccc(OC([2H])([2H])[C@@H]3CN(C(=O)Oc4ccccc4)CC[C@H]3c3ccc(F)cc3)cc2O1. The van der Waals surface area contributed by atoms with Crippen molar-refractivity contribution in [2.45, 2.75) is 12.3 Å². The molecule has 0 aromatic heterocycles. The minimum absolute atomic E-state index is 0.00614. The number of nitrogens with zero attached hydrogens (tertiary/aromatic N) is 1. The van der Waals surface area contributed by atoms with Gasteiger partial charge in [0.2, 0.25) is 6.75 Å². The van der Waals surface area contributed by atoms with Crippen molar-refractivity contribution < 1.29 is 33.6 Å². The number of amides is 1. The Kier molecular flexibility index (Phi) is 4.80. The van der Waals surface area contributed by atoms with Crippen LogP contribution in [0.15, 0.2) is 72.8 Å². The fourth-order valence-electron chi connectivity index (χ4n) is 3.97. The number of hydrogen-bond donors (Lipinski definition) is 0. The molecule has 3 aromatic carbocycles. The Morgan fingerprint density at radius 1 is 1.06 bits per heavy atom. The molecular formula is C26H24FNO5. The molecule has 2 aliphatic rings. The van der Waals surface area contributed by atoms with Gasteiger partial charge >= 0.3 is 6.09 Å². The van der Waals surface area contributed by atoms with Crippen LogP contribution >= 0.6 is 0 Å². The zero-order chi connectivity index (χ0) is 26.2. The molecular weight excluding hydrogens is 425 g/mol. The van der Waals surface area contributed by atoms with Gasteiger partial charge in [0.1, 0.15) is 20.1 Å². The van der Waals surface area contributed by atoms with Crippen LogP contribution in [0, 0.1) is 11.7 Å². The summed E-state index contributed by atoms with van der Waals surface area (Å²) in [4.78, 5) is 14.3. The molecule has 1 fully saturated rings. The lowest BCUT2D eigenvalue weighted by Crippen LogP contribution is -2.46. The lowest BCUT2D eigenvalue weighted by Gasteiger charge is -2.38. The van der Waals surface area contributed by atoms with Crippen LogP contribution in [-0.4, -0.2) is 37.4 Å². The van der Waals surface area contributed by atoms with Gasteiger partial charge in [0.25, 0.3) is 0 Å². The van der Waals surface area contributed by atoms with Gasteiger partial charge in [-0.15, -0.1) is 0 Å². The number of carbonyl (C=O) groups is 1. The quantitative estimate of drug-likeness (QED) is 0.529. The fraction of sp³-hybridized carbons (Fsp3) is 0.269. The van der Waals surface area contributed by atoms with E-state index < -0.39 is 31.1 Å².